The molecule has 0 saturated carbocycles. The topological polar surface area (TPSA) is 72.1 Å². The summed E-state index contributed by atoms with van der Waals surface area (Å²) in [6, 6.07) is 9.37. The monoisotopic (exact) mass is 396 g/mol. The van der Waals surface area contributed by atoms with Crippen molar-refractivity contribution in [2.45, 2.75) is 32.1 Å². The van der Waals surface area contributed by atoms with Crippen molar-refractivity contribution < 1.29 is 9.21 Å². The molecule has 0 bridgehead atoms. The summed E-state index contributed by atoms with van der Waals surface area (Å²) in [6.45, 7) is 3.07. The smallest absolute Gasteiger partial charge is 0.272 e. The van der Waals surface area contributed by atoms with E-state index in [1.807, 2.05) is 29.2 Å². The number of hydrogen-bond acceptors (Lipinski definition) is 5. The van der Waals surface area contributed by atoms with E-state index in [0.717, 1.165) is 29.2 Å². The van der Waals surface area contributed by atoms with Gasteiger partial charge in [0, 0.05) is 30.7 Å². The zero-order chi connectivity index (χ0) is 19.5. The fourth-order valence-corrected chi connectivity index (χ4v) is 3.73. The predicted octanol–water partition coefficient (Wildman–Crippen LogP) is 4.04. The highest BCUT2D eigenvalue weighted by Crippen LogP contribution is 2.28. The van der Waals surface area contributed by atoms with E-state index in [1.165, 1.54) is 0 Å². The van der Waals surface area contributed by atoms with Crippen LogP contribution in [0.25, 0.3) is 0 Å². The van der Waals surface area contributed by atoms with Gasteiger partial charge in [-0.15, -0.1) is 0 Å². The molecule has 1 aliphatic rings. The molecule has 1 fully saturated rings. The number of rotatable bonds is 4. The molecule has 1 amide bonds. The van der Waals surface area contributed by atoms with Gasteiger partial charge >= 0.3 is 0 Å². The van der Waals surface area contributed by atoms with Crippen molar-refractivity contribution in [3.63, 3.8) is 0 Å². The molecule has 0 radical (unpaired) electrons. The molecular formula is C21H21ClN4O2. The number of hydrogen-bond donors (Lipinski definition) is 0. The fourth-order valence-electron chi connectivity index (χ4n) is 3.52. The lowest BCUT2D eigenvalue weighted by Crippen LogP contribution is -2.39. The van der Waals surface area contributed by atoms with Crippen LogP contribution in [0.15, 0.2) is 47.1 Å². The zero-order valence-corrected chi connectivity index (χ0v) is 16.4. The molecule has 0 N–H and O–H groups in total. The summed E-state index contributed by atoms with van der Waals surface area (Å²) in [6.07, 6.45) is 5.82. The van der Waals surface area contributed by atoms with E-state index in [1.54, 1.807) is 25.4 Å². The van der Waals surface area contributed by atoms with Gasteiger partial charge in [-0.1, -0.05) is 29.8 Å². The number of halogens is 1. The lowest BCUT2D eigenvalue weighted by atomic mass is 9.97. The van der Waals surface area contributed by atoms with Crippen LogP contribution in [0.4, 0.5) is 0 Å². The summed E-state index contributed by atoms with van der Waals surface area (Å²) in [5.41, 5.74) is 1.44. The number of piperidine rings is 1. The number of benzene rings is 1. The highest BCUT2D eigenvalue weighted by atomic mass is 35.5. The number of aryl methyl sites for hydroxylation is 1. The van der Waals surface area contributed by atoms with Crippen LogP contribution in [0.2, 0.25) is 5.02 Å². The molecule has 1 aromatic carbocycles. The maximum Gasteiger partial charge on any atom is 0.272 e. The van der Waals surface area contributed by atoms with Crippen LogP contribution in [0.1, 0.15) is 52.3 Å². The molecule has 1 atom stereocenters. The Kier molecular flexibility index (Phi) is 5.39. The van der Waals surface area contributed by atoms with Crippen molar-refractivity contribution >= 4 is 17.5 Å². The van der Waals surface area contributed by atoms with Crippen LogP contribution >= 0.6 is 11.6 Å². The molecule has 28 heavy (non-hydrogen) atoms. The van der Waals surface area contributed by atoms with E-state index < -0.39 is 0 Å². The van der Waals surface area contributed by atoms with Crippen molar-refractivity contribution in [3.8, 4) is 0 Å². The van der Waals surface area contributed by atoms with E-state index in [0.29, 0.717) is 36.9 Å². The zero-order valence-electron chi connectivity index (χ0n) is 15.6. The van der Waals surface area contributed by atoms with Crippen molar-refractivity contribution in [3.05, 3.63) is 76.5 Å². The highest BCUT2D eigenvalue weighted by Gasteiger charge is 2.29. The Bertz CT molecular complexity index is 988. The minimum atomic E-state index is -0.0713. The van der Waals surface area contributed by atoms with E-state index >= 15 is 0 Å². The summed E-state index contributed by atoms with van der Waals surface area (Å²) in [7, 11) is 0. The second-order valence-electron chi connectivity index (χ2n) is 7.01. The van der Waals surface area contributed by atoms with Crippen molar-refractivity contribution in [2.75, 3.05) is 13.1 Å². The third-order valence-corrected chi connectivity index (χ3v) is 5.32. The highest BCUT2D eigenvalue weighted by molar-refractivity contribution is 6.31. The standard InChI is InChI=1S/C21H21ClN4O2/c1-14-23-9-8-19(25-14)21(27)26-10-4-6-16(13-26)20-24-12-17(28-20)11-15-5-2-3-7-18(15)22/h2-3,5,7-9,12,16H,4,6,10-11,13H2,1H3. The van der Waals surface area contributed by atoms with Crippen LogP contribution in [-0.4, -0.2) is 38.8 Å². The van der Waals surface area contributed by atoms with E-state index in [4.69, 9.17) is 16.0 Å². The van der Waals surface area contributed by atoms with Gasteiger partial charge in [-0.05, 0) is 37.5 Å². The third kappa shape index (κ3) is 4.07. The first-order valence-corrected chi connectivity index (χ1v) is 9.75. The van der Waals surface area contributed by atoms with Gasteiger partial charge in [0.05, 0.1) is 12.1 Å². The Hall–Kier alpha value is -2.73. The largest absolute Gasteiger partial charge is 0.445 e. The Balaban J connectivity index is 1.46. The van der Waals surface area contributed by atoms with Gasteiger partial charge in [0.25, 0.3) is 5.91 Å². The summed E-state index contributed by atoms with van der Waals surface area (Å²) < 4.78 is 6.00. The molecule has 4 rings (SSSR count). The molecule has 3 heterocycles. The minimum absolute atomic E-state index is 0.0713. The molecule has 3 aromatic rings. The number of likely N-dealkylation sites (tertiary alicyclic amines) is 1. The van der Waals surface area contributed by atoms with Crippen LogP contribution < -0.4 is 0 Å². The van der Waals surface area contributed by atoms with Crippen LogP contribution in [-0.2, 0) is 6.42 Å². The summed E-state index contributed by atoms with van der Waals surface area (Å²) in [5.74, 6) is 2.06. The first kappa shape index (κ1) is 18.6. The number of carbonyl (C=O) groups excluding carboxylic acids is 1. The molecule has 0 spiro atoms. The number of nitrogens with zero attached hydrogens (tertiary/aromatic N) is 4. The van der Waals surface area contributed by atoms with Gasteiger partial charge in [0.15, 0.2) is 5.89 Å². The maximum absolute atomic E-state index is 12.8. The summed E-state index contributed by atoms with van der Waals surface area (Å²) >= 11 is 6.24. The molecule has 1 aliphatic heterocycles. The lowest BCUT2D eigenvalue weighted by molar-refractivity contribution is 0.0691. The Morgan fingerprint density at radius 1 is 1.29 bits per heavy atom. The molecule has 7 heteroatoms. The SMILES string of the molecule is Cc1nccc(C(=O)N2CCCC(c3ncc(Cc4ccccc4Cl)o3)C2)n1. The second-order valence-corrected chi connectivity index (χ2v) is 7.42. The number of oxazole rings is 1. The predicted molar refractivity (Wildman–Crippen MR) is 105 cm³/mol. The van der Waals surface area contributed by atoms with Crippen molar-refractivity contribution in [1.29, 1.82) is 0 Å². The van der Waals surface area contributed by atoms with Gasteiger partial charge in [-0.2, -0.15) is 0 Å². The number of carbonyl (C=O) groups is 1. The van der Waals surface area contributed by atoms with E-state index in [2.05, 4.69) is 15.0 Å². The van der Waals surface area contributed by atoms with Gasteiger partial charge in [-0.3, -0.25) is 4.79 Å². The average molecular weight is 397 g/mol. The van der Waals surface area contributed by atoms with Crippen LogP contribution in [0.5, 0.6) is 0 Å². The first-order chi connectivity index (χ1) is 13.6. The van der Waals surface area contributed by atoms with Crippen molar-refractivity contribution in [1.82, 2.24) is 19.9 Å². The summed E-state index contributed by atoms with van der Waals surface area (Å²) in [4.78, 5) is 27.4. The lowest BCUT2D eigenvalue weighted by Gasteiger charge is -2.31. The molecule has 144 valence electrons. The first-order valence-electron chi connectivity index (χ1n) is 9.37. The van der Waals surface area contributed by atoms with Gasteiger partial charge in [0.1, 0.15) is 17.3 Å². The van der Waals surface area contributed by atoms with Crippen molar-refractivity contribution in [2.24, 2.45) is 0 Å². The minimum Gasteiger partial charge on any atom is -0.445 e. The number of amides is 1. The maximum atomic E-state index is 12.8. The second kappa shape index (κ2) is 8.10. The number of aromatic nitrogens is 3. The molecule has 1 unspecified atom stereocenters. The fraction of sp³-hybridized carbons (Fsp3) is 0.333. The Labute approximate surface area is 168 Å². The average Bonchev–Trinajstić information content (AvgIpc) is 3.18. The van der Waals surface area contributed by atoms with Gasteiger partial charge in [-0.25, -0.2) is 15.0 Å². The molecule has 0 aliphatic carbocycles. The normalized spacial score (nSPS) is 16.9. The summed E-state index contributed by atoms with van der Waals surface area (Å²) in [5, 5.41) is 0.718. The molecular weight excluding hydrogens is 376 g/mol. The molecule has 6 nitrogen and oxygen atoms in total. The van der Waals surface area contributed by atoms with E-state index in [9.17, 15) is 4.79 Å². The quantitative estimate of drug-likeness (QED) is 0.665. The van der Waals surface area contributed by atoms with Crippen LogP contribution in [0, 0.1) is 6.92 Å². The van der Waals surface area contributed by atoms with Gasteiger partial charge < -0.3 is 9.32 Å². The Morgan fingerprint density at radius 3 is 2.96 bits per heavy atom. The van der Waals surface area contributed by atoms with Gasteiger partial charge in [0.2, 0.25) is 0 Å². The molecule has 2 aromatic heterocycles. The third-order valence-electron chi connectivity index (χ3n) is 4.95. The molecule has 1 saturated heterocycles. The van der Waals surface area contributed by atoms with Crippen LogP contribution in [0.3, 0.4) is 0 Å². The van der Waals surface area contributed by atoms with E-state index in [-0.39, 0.29) is 11.8 Å². The Morgan fingerprint density at radius 2 is 2.14 bits per heavy atom.